The first-order valence-electron chi connectivity index (χ1n) is 6.32. The van der Waals surface area contributed by atoms with Gasteiger partial charge in [0.05, 0.1) is 4.90 Å². The van der Waals surface area contributed by atoms with Gasteiger partial charge in [0.1, 0.15) is 0 Å². The van der Waals surface area contributed by atoms with Crippen LogP contribution in [-0.4, -0.2) is 15.0 Å². The van der Waals surface area contributed by atoms with Crippen molar-refractivity contribution in [1.82, 2.24) is 4.72 Å². The Labute approximate surface area is 110 Å². The molecular formula is C13H22N2O2S. The summed E-state index contributed by atoms with van der Waals surface area (Å²) in [5.41, 5.74) is 6.65. The molecule has 4 nitrogen and oxygen atoms in total. The van der Waals surface area contributed by atoms with Crippen molar-refractivity contribution in [1.29, 1.82) is 0 Å². The summed E-state index contributed by atoms with van der Waals surface area (Å²) in [5.74, 6) is 0. The van der Waals surface area contributed by atoms with E-state index in [0.717, 1.165) is 24.8 Å². The number of benzene rings is 1. The van der Waals surface area contributed by atoms with Crippen LogP contribution < -0.4 is 10.5 Å². The molecule has 18 heavy (non-hydrogen) atoms. The highest BCUT2D eigenvalue weighted by molar-refractivity contribution is 7.89. The van der Waals surface area contributed by atoms with Crippen LogP contribution in [0.5, 0.6) is 0 Å². The smallest absolute Gasteiger partial charge is 0.240 e. The number of hydrogen-bond acceptors (Lipinski definition) is 3. The van der Waals surface area contributed by atoms with Gasteiger partial charge in [0, 0.05) is 12.6 Å². The van der Waals surface area contributed by atoms with Gasteiger partial charge in [-0.2, -0.15) is 0 Å². The maximum absolute atomic E-state index is 11.9. The van der Waals surface area contributed by atoms with Crippen LogP contribution in [0.3, 0.4) is 0 Å². The molecule has 102 valence electrons. The minimum Gasteiger partial charge on any atom is -0.324 e. The minimum atomic E-state index is -3.37. The predicted molar refractivity (Wildman–Crippen MR) is 73.8 cm³/mol. The van der Waals surface area contributed by atoms with Crippen LogP contribution in [0.25, 0.3) is 0 Å². The number of rotatable bonds is 7. The summed E-state index contributed by atoms with van der Waals surface area (Å²) >= 11 is 0. The van der Waals surface area contributed by atoms with Crippen molar-refractivity contribution in [2.75, 3.05) is 6.54 Å². The SMILES string of the molecule is CCCCCNS(=O)(=O)c1ccc(C(C)N)cc1. The maximum Gasteiger partial charge on any atom is 0.240 e. The fourth-order valence-corrected chi connectivity index (χ4v) is 2.69. The van der Waals surface area contributed by atoms with Crippen LogP contribution >= 0.6 is 0 Å². The Kier molecular flexibility index (Phi) is 5.78. The van der Waals surface area contributed by atoms with Gasteiger partial charge in [-0.25, -0.2) is 13.1 Å². The zero-order chi connectivity index (χ0) is 13.6. The summed E-state index contributed by atoms with van der Waals surface area (Å²) in [4.78, 5) is 0.295. The summed E-state index contributed by atoms with van der Waals surface area (Å²) in [7, 11) is -3.37. The van der Waals surface area contributed by atoms with E-state index in [9.17, 15) is 8.42 Å². The monoisotopic (exact) mass is 270 g/mol. The number of hydrogen-bond donors (Lipinski definition) is 2. The van der Waals surface area contributed by atoms with Gasteiger partial charge >= 0.3 is 0 Å². The molecule has 0 aliphatic heterocycles. The topological polar surface area (TPSA) is 72.2 Å². The first kappa shape index (κ1) is 15.1. The molecule has 0 bridgehead atoms. The first-order valence-corrected chi connectivity index (χ1v) is 7.81. The number of nitrogens with one attached hydrogen (secondary N) is 1. The molecule has 1 unspecified atom stereocenters. The van der Waals surface area contributed by atoms with Crippen molar-refractivity contribution in [2.24, 2.45) is 5.73 Å². The highest BCUT2D eigenvalue weighted by Gasteiger charge is 2.13. The van der Waals surface area contributed by atoms with Gasteiger partial charge in [-0.15, -0.1) is 0 Å². The lowest BCUT2D eigenvalue weighted by molar-refractivity contribution is 0.576. The Morgan fingerprint density at radius 2 is 1.83 bits per heavy atom. The Morgan fingerprint density at radius 3 is 2.33 bits per heavy atom. The lowest BCUT2D eigenvalue weighted by atomic mass is 10.1. The molecule has 5 heteroatoms. The zero-order valence-corrected chi connectivity index (χ0v) is 11.8. The largest absolute Gasteiger partial charge is 0.324 e. The molecule has 1 aromatic rings. The fourth-order valence-electron chi connectivity index (χ4n) is 1.62. The third-order valence-electron chi connectivity index (χ3n) is 2.79. The molecule has 0 aromatic heterocycles. The third-order valence-corrected chi connectivity index (χ3v) is 4.27. The van der Waals surface area contributed by atoms with E-state index in [1.165, 1.54) is 0 Å². The van der Waals surface area contributed by atoms with Gasteiger partial charge in [-0.3, -0.25) is 0 Å². The normalized spacial score (nSPS) is 13.5. The molecule has 0 fully saturated rings. The molecule has 0 amide bonds. The van der Waals surface area contributed by atoms with Crippen LogP contribution in [0.4, 0.5) is 0 Å². The Bertz CT molecular complexity index is 452. The van der Waals surface area contributed by atoms with Crippen molar-refractivity contribution < 1.29 is 8.42 Å². The van der Waals surface area contributed by atoms with Gasteiger partial charge in [0.2, 0.25) is 10.0 Å². The van der Waals surface area contributed by atoms with E-state index in [1.54, 1.807) is 24.3 Å². The van der Waals surface area contributed by atoms with Crippen LogP contribution in [-0.2, 0) is 10.0 Å². The molecule has 1 aromatic carbocycles. The van der Waals surface area contributed by atoms with E-state index >= 15 is 0 Å². The third kappa shape index (κ3) is 4.40. The summed E-state index contributed by atoms with van der Waals surface area (Å²) in [6.45, 7) is 4.44. The lowest BCUT2D eigenvalue weighted by Crippen LogP contribution is -2.24. The van der Waals surface area contributed by atoms with E-state index < -0.39 is 10.0 Å². The molecule has 1 atom stereocenters. The van der Waals surface area contributed by atoms with E-state index in [0.29, 0.717) is 11.4 Å². The molecule has 3 N–H and O–H groups in total. The first-order chi connectivity index (χ1) is 8.47. The molecule has 0 heterocycles. The van der Waals surface area contributed by atoms with E-state index in [1.807, 2.05) is 6.92 Å². The summed E-state index contributed by atoms with van der Waals surface area (Å²) in [6.07, 6.45) is 2.98. The van der Waals surface area contributed by atoms with E-state index in [4.69, 9.17) is 5.73 Å². The Morgan fingerprint density at radius 1 is 1.22 bits per heavy atom. The Balaban J connectivity index is 2.67. The minimum absolute atomic E-state index is 0.0840. The number of nitrogens with two attached hydrogens (primary N) is 1. The molecule has 0 aliphatic carbocycles. The molecule has 1 rings (SSSR count). The van der Waals surface area contributed by atoms with Crippen LogP contribution in [0.1, 0.15) is 44.7 Å². The van der Waals surface area contributed by atoms with Gasteiger partial charge < -0.3 is 5.73 Å². The van der Waals surface area contributed by atoms with Crippen molar-refractivity contribution in [3.05, 3.63) is 29.8 Å². The fraction of sp³-hybridized carbons (Fsp3) is 0.538. The van der Waals surface area contributed by atoms with E-state index in [-0.39, 0.29) is 6.04 Å². The highest BCUT2D eigenvalue weighted by Crippen LogP contribution is 2.14. The average Bonchev–Trinajstić information content (AvgIpc) is 2.35. The highest BCUT2D eigenvalue weighted by atomic mass is 32.2. The van der Waals surface area contributed by atoms with Gasteiger partial charge in [0.25, 0.3) is 0 Å². The van der Waals surface area contributed by atoms with Crippen LogP contribution in [0.2, 0.25) is 0 Å². The molecule has 0 saturated carbocycles. The summed E-state index contributed by atoms with van der Waals surface area (Å²) < 4.78 is 26.5. The predicted octanol–water partition coefficient (Wildman–Crippen LogP) is 2.17. The zero-order valence-electron chi connectivity index (χ0n) is 11.0. The second kappa shape index (κ2) is 6.87. The molecule has 0 aliphatic rings. The van der Waals surface area contributed by atoms with E-state index in [2.05, 4.69) is 11.6 Å². The molecule has 0 radical (unpaired) electrons. The molecular weight excluding hydrogens is 248 g/mol. The maximum atomic E-state index is 11.9. The quantitative estimate of drug-likeness (QED) is 0.746. The second-order valence-electron chi connectivity index (χ2n) is 4.46. The standard InChI is InChI=1S/C13H22N2O2S/c1-3-4-5-10-15-18(16,17)13-8-6-12(7-9-13)11(2)14/h6-9,11,15H,3-5,10,14H2,1-2H3. The van der Waals surface area contributed by atoms with Crippen molar-refractivity contribution >= 4 is 10.0 Å². The number of unbranched alkanes of at least 4 members (excludes halogenated alkanes) is 2. The number of sulfonamides is 1. The second-order valence-corrected chi connectivity index (χ2v) is 6.23. The van der Waals surface area contributed by atoms with Gasteiger partial charge in [-0.05, 0) is 31.0 Å². The summed E-state index contributed by atoms with van der Waals surface area (Å²) in [6, 6.07) is 6.62. The molecule has 0 saturated heterocycles. The summed E-state index contributed by atoms with van der Waals surface area (Å²) in [5, 5.41) is 0. The Hall–Kier alpha value is -0.910. The van der Waals surface area contributed by atoms with Crippen LogP contribution in [0, 0.1) is 0 Å². The molecule has 0 spiro atoms. The van der Waals surface area contributed by atoms with Crippen molar-refractivity contribution in [3.63, 3.8) is 0 Å². The van der Waals surface area contributed by atoms with Crippen LogP contribution in [0.15, 0.2) is 29.2 Å². The van der Waals surface area contributed by atoms with Gasteiger partial charge in [-0.1, -0.05) is 31.9 Å². The van der Waals surface area contributed by atoms with Gasteiger partial charge in [0.15, 0.2) is 0 Å². The van der Waals surface area contributed by atoms with Crippen molar-refractivity contribution in [2.45, 2.75) is 44.0 Å². The average molecular weight is 270 g/mol. The lowest BCUT2D eigenvalue weighted by Gasteiger charge is -2.09. The van der Waals surface area contributed by atoms with Crippen molar-refractivity contribution in [3.8, 4) is 0 Å².